The second kappa shape index (κ2) is 11.1. The molecule has 0 amide bonds. The van der Waals surface area contributed by atoms with Crippen molar-refractivity contribution in [2.24, 2.45) is 5.41 Å². The molecule has 2 nitrogen and oxygen atoms in total. The Hall–Kier alpha value is -0.790. The molecule has 0 aromatic carbocycles. The predicted molar refractivity (Wildman–Crippen MR) is 82.2 cm³/mol. The normalized spacial score (nSPS) is 13.8. The zero-order chi connectivity index (χ0) is 14.6. The van der Waals surface area contributed by atoms with E-state index < -0.39 is 0 Å². The number of hydrogen-bond donors (Lipinski definition) is 0. The average Bonchev–Trinajstić information content (AvgIpc) is 2.41. The number of esters is 1. The van der Waals surface area contributed by atoms with Gasteiger partial charge in [0.15, 0.2) is 0 Å². The molecule has 0 aliphatic rings. The van der Waals surface area contributed by atoms with Crippen molar-refractivity contribution in [2.45, 2.75) is 78.6 Å². The average molecular weight is 268 g/mol. The lowest BCUT2D eigenvalue weighted by Crippen LogP contribution is -2.30. The van der Waals surface area contributed by atoms with E-state index in [-0.39, 0.29) is 11.4 Å². The molecule has 0 saturated carbocycles. The molecule has 19 heavy (non-hydrogen) atoms. The van der Waals surface area contributed by atoms with E-state index in [1.165, 1.54) is 32.1 Å². The SMILES string of the molecule is C=CCOC(=O)C(C)(CCCCC)CCCCCC. The number of rotatable bonds is 12. The second-order valence-corrected chi connectivity index (χ2v) is 5.72. The lowest BCUT2D eigenvalue weighted by molar-refractivity contribution is -0.154. The quantitative estimate of drug-likeness (QED) is 0.274. The summed E-state index contributed by atoms with van der Waals surface area (Å²) in [6.45, 7) is 10.4. The van der Waals surface area contributed by atoms with Crippen LogP contribution < -0.4 is 0 Å². The summed E-state index contributed by atoms with van der Waals surface area (Å²) in [6.07, 6.45) is 11.9. The molecule has 0 aromatic heterocycles. The number of carbonyl (C=O) groups is 1. The van der Waals surface area contributed by atoms with Crippen LogP contribution in [0.5, 0.6) is 0 Å². The van der Waals surface area contributed by atoms with Crippen molar-refractivity contribution >= 4 is 5.97 Å². The summed E-state index contributed by atoms with van der Waals surface area (Å²) >= 11 is 0. The zero-order valence-corrected chi connectivity index (χ0v) is 13.2. The molecule has 0 N–H and O–H groups in total. The molecule has 0 heterocycles. The van der Waals surface area contributed by atoms with E-state index in [4.69, 9.17) is 4.74 Å². The van der Waals surface area contributed by atoms with E-state index in [0.29, 0.717) is 6.61 Å². The molecular weight excluding hydrogens is 236 g/mol. The molecule has 112 valence electrons. The number of unbranched alkanes of at least 4 members (excludes halogenated alkanes) is 5. The van der Waals surface area contributed by atoms with Crippen LogP contribution in [0.15, 0.2) is 12.7 Å². The number of hydrogen-bond acceptors (Lipinski definition) is 2. The minimum atomic E-state index is -0.300. The van der Waals surface area contributed by atoms with Crippen molar-refractivity contribution in [2.75, 3.05) is 6.61 Å². The fraction of sp³-hybridized carbons (Fsp3) is 0.824. The zero-order valence-electron chi connectivity index (χ0n) is 13.2. The first-order valence-electron chi connectivity index (χ1n) is 7.88. The van der Waals surface area contributed by atoms with Crippen LogP contribution in [-0.4, -0.2) is 12.6 Å². The molecule has 1 atom stereocenters. The van der Waals surface area contributed by atoms with Crippen molar-refractivity contribution in [1.29, 1.82) is 0 Å². The van der Waals surface area contributed by atoms with Gasteiger partial charge in [-0.25, -0.2) is 0 Å². The molecule has 0 aromatic rings. The first-order valence-corrected chi connectivity index (χ1v) is 7.88. The molecule has 1 unspecified atom stereocenters. The van der Waals surface area contributed by atoms with Crippen LogP contribution in [0.4, 0.5) is 0 Å². The van der Waals surface area contributed by atoms with Gasteiger partial charge >= 0.3 is 5.97 Å². The van der Waals surface area contributed by atoms with Crippen LogP contribution in [0.3, 0.4) is 0 Å². The molecule has 2 heteroatoms. The van der Waals surface area contributed by atoms with Gasteiger partial charge in [-0.05, 0) is 19.8 Å². The molecule has 0 saturated heterocycles. The summed E-state index contributed by atoms with van der Waals surface area (Å²) in [4.78, 5) is 12.2. The molecule has 0 spiro atoms. The topological polar surface area (TPSA) is 26.3 Å². The van der Waals surface area contributed by atoms with E-state index in [0.717, 1.165) is 25.7 Å². The molecule has 0 radical (unpaired) electrons. The van der Waals surface area contributed by atoms with E-state index in [2.05, 4.69) is 27.4 Å². The molecule has 0 aliphatic heterocycles. The largest absolute Gasteiger partial charge is 0.461 e. The first-order chi connectivity index (χ1) is 9.10. The summed E-state index contributed by atoms with van der Waals surface area (Å²) in [5.74, 6) is -0.0417. The van der Waals surface area contributed by atoms with Crippen molar-refractivity contribution in [1.82, 2.24) is 0 Å². The van der Waals surface area contributed by atoms with Crippen LogP contribution in [0.2, 0.25) is 0 Å². The molecule has 0 bridgehead atoms. The Morgan fingerprint density at radius 2 is 1.58 bits per heavy atom. The third-order valence-electron chi connectivity index (χ3n) is 3.74. The minimum Gasteiger partial charge on any atom is -0.461 e. The molecule has 0 aliphatic carbocycles. The van der Waals surface area contributed by atoms with Crippen LogP contribution in [0, 0.1) is 5.41 Å². The van der Waals surface area contributed by atoms with Crippen molar-refractivity contribution in [3.8, 4) is 0 Å². The maximum Gasteiger partial charge on any atom is 0.312 e. The van der Waals surface area contributed by atoms with E-state index in [9.17, 15) is 4.79 Å². The van der Waals surface area contributed by atoms with Gasteiger partial charge in [-0.3, -0.25) is 4.79 Å². The summed E-state index contributed by atoms with van der Waals surface area (Å²) in [6, 6.07) is 0. The van der Waals surface area contributed by atoms with Gasteiger partial charge in [0.25, 0.3) is 0 Å². The van der Waals surface area contributed by atoms with Gasteiger partial charge in [0.05, 0.1) is 5.41 Å². The van der Waals surface area contributed by atoms with Gasteiger partial charge in [-0.15, -0.1) is 0 Å². The lowest BCUT2D eigenvalue weighted by atomic mass is 9.80. The lowest BCUT2D eigenvalue weighted by Gasteiger charge is -2.27. The van der Waals surface area contributed by atoms with Crippen molar-refractivity contribution < 1.29 is 9.53 Å². The highest BCUT2D eigenvalue weighted by Crippen LogP contribution is 2.32. The van der Waals surface area contributed by atoms with Crippen molar-refractivity contribution in [3.05, 3.63) is 12.7 Å². The Balaban J connectivity index is 4.33. The summed E-state index contributed by atoms with van der Waals surface area (Å²) < 4.78 is 5.29. The summed E-state index contributed by atoms with van der Waals surface area (Å²) in [7, 11) is 0. The highest BCUT2D eigenvalue weighted by molar-refractivity contribution is 5.76. The van der Waals surface area contributed by atoms with Gasteiger partial charge in [0, 0.05) is 0 Å². The van der Waals surface area contributed by atoms with Crippen molar-refractivity contribution in [3.63, 3.8) is 0 Å². The predicted octanol–water partition coefficient (Wildman–Crippen LogP) is 5.27. The van der Waals surface area contributed by atoms with Crippen LogP contribution in [0.1, 0.15) is 78.6 Å². The Morgan fingerprint density at radius 3 is 2.11 bits per heavy atom. The Morgan fingerprint density at radius 1 is 1.05 bits per heavy atom. The highest BCUT2D eigenvalue weighted by atomic mass is 16.5. The Labute approximate surface area is 119 Å². The maximum absolute atomic E-state index is 12.2. The Kier molecular flexibility index (Phi) is 10.6. The fourth-order valence-electron chi connectivity index (χ4n) is 2.35. The fourth-order valence-corrected chi connectivity index (χ4v) is 2.35. The maximum atomic E-state index is 12.2. The molecule has 0 fully saturated rings. The van der Waals surface area contributed by atoms with E-state index in [1.807, 2.05) is 0 Å². The van der Waals surface area contributed by atoms with Crippen LogP contribution in [-0.2, 0) is 9.53 Å². The van der Waals surface area contributed by atoms with Gasteiger partial charge in [0.2, 0.25) is 0 Å². The summed E-state index contributed by atoms with van der Waals surface area (Å²) in [5.41, 5.74) is -0.300. The third kappa shape index (κ3) is 8.07. The van der Waals surface area contributed by atoms with Gasteiger partial charge in [0.1, 0.15) is 6.61 Å². The monoisotopic (exact) mass is 268 g/mol. The Bertz CT molecular complexity index is 248. The van der Waals surface area contributed by atoms with Gasteiger partial charge < -0.3 is 4.74 Å². The van der Waals surface area contributed by atoms with Gasteiger partial charge in [-0.1, -0.05) is 71.4 Å². The minimum absolute atomic E-state index is 0.0417. The molecular formula is C17H32O2. The number of carbonyl (C=O) groups excluding carboxylic acids is 1. The third-order valence-corrected chi connectivity index (χ3v) is 3.74. The van der Waals surface area contributed by atoms with Crippen LogP contribution in [0.25, 0.3) is 0 Å². The van der Waals surface area contributed by atoms with E-state index >= 15 is 0 Å². The highest BCUT2D eigenvalue weighted by Gasteiger charge is 2.33. The molecule has 0 rings (SSSR count). The summed E-state index contributed by atoms with van der Waals surface area (Å²) in [5, 5.41) is 0. The van der Waals surface area contributed by atoms with Gasteiger partial charge in [-0.2, -0.15) is 0 Å². The second-order valence-electron chi connectivity index (χ2n) is 5.72. The smallest absolute Gasteiger partial charge is 0.312 e. The first kappa shape index (κ1) is 18.2. The van der Waals surface area contributed by atoms with E-state index in [1.54, 1.807) is 6.08 Å². The van der Waals surface area contributed by atoms with Crippen LogP contribution >= 0.6 is 0 Å². The number of ether oxygens (including phenoxy) is 1. The standard InChI is InChI=1S/C17H32O2/c1-5-8-10-12-14-17(4,13-11-9-6-2)16(18)19-15-7-3/h7H,3,5-6,8-15H2,1-2,4H3.